The predicted octanol–water partition coefficient (Wildman–Crippen LogP) is 2.46. The quantitative estimate of drug-likeness (QED) is 0.659. The van der Waals surface area contributed by atoms with Crippen molar-refractivity contribution in [1.82, 2.24) is 0 Å². The molecule has 0 aromatic heterocycles. The zero-order valence-corrected chi connectivity index (χ0v) is 10.4. The zero-order valence-electron chi connectivity index (χ0n) is 10.4. The summed E-state index contributed by atoms with van der Waals surface area (Å²) in [7, 11) is 0. The standard InChI is InChI=1S/C12H24N2O/c1-10(2)8-11(3)15-7-5-6-12(4,14)9-13/h10-11H,5-8,14H2,1-4H3. The van der Waals surface area contributed by atoms with Crippen molar-refractivity contribution in [3.63, 3.8) is 0 Å². The normalized spacial score (nSPS) is 17.1. The molecule has 3 heteroatoms. The van der Waals surface area contributed by atoms with Crippen LogP contribution in [-0.2, 0) is 4.74 Å². The van der Waals surface area contributed by atoms with Crippen LogP contribution in [0.3, 0.4) is 0 Å². The lowest BCUT2D eigenvalue weighted by molar-refractivity contribution is 0.0482. The molecule has 2 unspecified atom stereocenters. The first-order valence-electron chi connectivity index (χ1n) is 5.69. The highest BCUT2D eigenvalue weighted by molar-refractivity contribution is 5.00. The second kappa shape index (κ2) is 6.81. The molecule has 0 aromatic rings. The fourth-order valence-corrected chi connectivity index (χ4v) is 1.51. The van der Waals surface area contributed by atoms with E-state index in [0.717, 1.165) is 12.8 Å². The summed E-state index contributed by atoms with van der Waals surface area (Å²) in [5, 5.41) is 8.71. The van der Waals surface area contributed by atoms with Crippen LogP contribution in [0.25, 0.3) is 0 Å². The van der Waals surface area contributed by atoms with Gasteiger partial charge in [-0.25, -0.2) is 0 Å². The number of rotatable bonds is 7. The van der Waals surface area contributed by atoms with Crippen LogP contribution in [0.4, 0.5) is 0 Å². The summed E-state index contributed by atoms with van der Waals surface area (Å²) >= 11 is 0. The van der Waals surface area contributed by atoms with Crippen molar-refractivity contribution in [2.75, 3.05) is 6.61 Å². The highest BCUT2D eigenvalue weighted by Gasteiger charge is 2.16. The number of nitrogens with zero attached hydrogens (tertiary/aromatic N) is 1. The Bertz CT molecular complexity index is 206. The smallest absolute Gasteiger partial charge is 0.101 e. The molecule has 0 aliphatic heterocycles. The molecule has 0 saturated heterocycles. The van der Waals surface area contributed by atoms with Gasteiger partial charge in [0, 0.05) is 6.61 Å². The molecular formula is C12H24N2O. The van der Waals surface area contributed by atoms with E-state index >= 15 is 0 Å². The molecule has 0 amide bonds. The molecule has 0 saturated carbocycles. The maximum Gasteiger partial charge on any atom is 0.101 e. The summed E-state index contributed by atoms with van der Waals surface area (Å²) < 4.78 is 5.63. The summed E-state index contributed by atoms with van der Waals surface area (Å²) in [6.07, 6.45) is 2.93. The third-order valence-corrected chi connectivity index (χ3v) is 2.30. The molecule has 15 heavy (non-hydrogen) atoms. The van der Waals surface area contributed by atoms with Crippen LogP contribution in [0.5, 0.6) is 0 Å². The van der Waals surface area contributed by atoms with E-state index in [9.17, 15) is 0 Å². The van der Waals surface area contributed by atoms with Crippen LogP contribution in [0.2, 0.25) is 0 Å². The van der Waals surface area contributed by atoms with Crippen molar-refractivity contribution in [1.29, 1.82) is 5.26 Å². The summed E-state index contributed by atoms with van der Waals surface area (Å²) in [5.74, 6) is 0.666. The van der Waals surface area contributed by atoms with Gasteiger partial charge in [0.25, 0.3) is 0 Å². The molecule has 0 fully saturated rings. The van der Waals surface area contributed by atoms with Gasteiger partial charge in [0.05, 0.1) is 12.2 Å². The van der Waals surface area contributed by atoms with Gasteiger partial charge in [-0.3, -0.25) is 0 Å². The molecule has 2 atom stereocenters. The van der Waals surface area contributed by atoms with E-state index in [4.69, 9.17) is 15.7 Å². The molecule has 0 aliphatic carbocycles. The average Bonchev–Trinajstić information content (AvgIpc) is 2.11. The lowest BCUT2D eigenvalue weighted by atomic mass is 10.00. The fourth-order valence-electron chi connectivity index (χ4n) is 1.51. The van der Waals surface area contributed by atoms with Gasteiger partial charge in [-0.15, -0.1) is 0 Å². The van der Waals surface area contributed by atoms with Gasteiger partial charge in [0.2, 0.25) is 0 Å². The van der Waals surface area contributed by atoms with Gasteiger partial charge in [-0.05, 0) is 39.0 Å². The summed E-state index contributed by atoms with van der Waals surface area (Å²) in [6.45, 7) is 8.91. The van der Waals surface area contributed by atoms with E-state index in [1.807, 2.05) is 0 Å². The Morgan fingerprint density at radius 3 is 2.47 bits per heavy atom. The van der Waals surface area contributed by atoms with Crippen LogP contribution in [0.15, 0.2) is 0 Å². The van der Waals surface area contributed by atoms with E-state index in [1.165, 1.54) is 0 Å². The van der Waals surface area contributed by atoms with E-state index in [2.05, 4.69) is 26.8 Å². The third-order valence-electron chi connectivity index (χ3n) is 2.30. The van der Waals surface area contributed by atoms with Crippen molar-refractivity contribution in [2.45, 2.75) is 58.6 Å². The lowest BCUT2D eigenvalue weighted by Crippen LogP contribution is -2.34. The molecule has 0 aliphatic rings. The lowest BCUT2D eigenvalue weighted by Gasteiger charge is -2.17. The summed E-state index contributed by atoms with van der Waals surface area (Å²) in [6, 6.07) is 2.08. The maximum atomic E-state index is 8.71. The number of hydrogen-bond donors (Lipinski definition) is 1. The van der Waals surface area contributed by atoms with Crippen molar-refractivity contribution in [2.24, 2.45) is 11.7 Å². The number of nitriles is 1. The van der Waals surface area contributed by atoms with Crippen LogP contribution in [0, 0.1) is 17.2 Å². The Labute approximate surface area is 93.6 Å². The van der Waals surface area contributed by atoms with Crippen LogP contribution >= 0.6 is 0 Å². The Morgan fingerprint density at radius 2 is 2.00 bits per heavy atom. The van der Waals surface area contributed by atoms with E-state index < -0.39 is 5.54 Å². The minimum absolute atomic E-state index is 0.302. The number of hydrogen-bond acceptors (Lipinski definition) is 3. The molecule has 0 aromatic carbocycles. The molecule has 0 spiro atoms. The van der Waals surface area contributed by atoms with E-state index in [0.29, 0.717) is 25.0 Å². The minimum atomic E-state index is -0.704. The van der Waals surface area contributed by atoms with Gasteiger partial charge in [0.15, 0.2) is 0 Å². The first-order valence-corrected chi connectivity index (χ1v) is 5.69. The number of ether oxygens (including phenoxy) is 1. The molecule has 3 nitrogen and oxygen atoms in total. The van der Waals surface area contributed by atoms with Gasteiger partial charge >= 0.3 is 0 Å². The molecular weight excluding hydrogens is 188 g/mol. The molecule has 2 N–H and O–H groups in total. The second-order valence-corrected chi connectivity index (χ2v) is 4.94. The van der Waals surface area contributed by atoms with Crippen LogP contribution < -0.4 is 5.73 Å². The predicted molar refractivity (Wildman–Crippen MR) is 62.3 cm³/mol. The minimum Gasteiger partial charge on any atom is -0.378 e. The van der Waals surface area contributed by atoms with Crippen LogP contribution in [-0.4, -0.2) is 18.2 Å². The van der Waals surface area contributed by atoms with Crippen molar-refractivity contribution in [3.05, 3.63) is 0 Å². The largest absolute Gasteiger partial charge is 0.378 e. The third kappa shape index (κ3) is 8.41. The zero-order chi connectivity index (χ0) is 11.9. The van der Waals surface area contributed by atoms with Crippen molar-refractivity contribution in [3.8, 4) is 6.07 Å². The van der Waals surface area contributed by atoms with Crippen molar-refractivity contribution < 1.29 is 4.74 Å². The van der Waals surface area contributed by atoms with E-state index in [1.54, 1.807) is 6.92 Å². The first-order chi connectivity index (χ1) is 6.87. The Balaban J connectivity index is 3.51. The van der Waals surface area contributed by atoms with Gasteiger partial charge in [-0.2, -0.15) is 5.26 Å². The van der Waals surface area contributed by atoms with Crippen molar-refractivity contribution >= 4 is 0 Å². The maximum absolute atomic E-state index is 8.71. The Kier molecular flexibility index (Phi) is 6.55. The summed E-state index contributed by atoms with van der Waals surface area (Å²) in [4.78, 5) is 0. The van der Waals surface area contributed by atoms with Gasteiger partial charge < -0.3 is 10.5 Å². The first kappa shape index (κ1) is 14.4. The highest BCUT2D eigenvalue weighted by atomic mass is 16.5. The number of nitrogens with two attached hydrogens (primary N) is 1. The average molecular weight is 212 g/mol. The molecule has 88 valence electrons. The molecule has 0 heterocycles. The van der Waals surface area contributed by atoms with E-state index in [-0.39, 0.29) is 0 Å². The van der Waals surface area contributed by atoms with Gasteiger partial charge in [0.1, 0.15) is 5.54 Å². The molecule has 0 rings (SSSR count). The summed E-state index contributed by atoms with van der Waals surface area (Å²) in [5.41, 5.74) is 4.99. The van der Waals surface area contributed by atoms with Gasteiger partial charge in [-0.1, -0.05) is 13.8 Å². The van der Waals surface area contributed by atoms with Crippen LogP contribution in [0.1, 0.15) is 47.0 Å². The topological polar surface area (TPSA) is 59.0 Å². The highest BCUT2D eigenvalue weighted by Crippen LogP contribution is 2.10. The Morgan fingerprint density at radius 1 is 1.40 bits per heavy atom. The fraction of sp³-hybridized carbons (Fsp3) is 0.917. The molecule has 0 radical (unpaired) electrons. The molecule has 0 bridgehead atoms. The second-order valence-electron chi connectivity index (χ2n) is 4.94. The monoisotopic (exact) mass is 212 g/mol. The Hall–Kier alpha value is -0.590. The SMILES string of the molecule is CC(C)CC(C)OCCCC(C)(N)C#N.